The quantitative estimate of drug-likeness (QED) is 0.575. The Hall–Kier alpha value is -1.38. The molecule has 0 saturated heterocycles. The minimum Gasteiger partial charge on any atom is -0.294 e. The Morgan fingerprint density at radius 1 is 1.12 bits per heavy atom. The minimum atomic E-state index is 0.0140. The van der Waals surface area contributed by atoms with Crippen LogP contribution in [0.5, 0.6) is 0 Å². The van der Waals surface area contributed by atoms with Crippen molar-refractivity contribution in [2.45, 2.75) is 33.1 Å². The number of hydrogen-bond acceptors (Lipinski definition) is 1. The van der Waals surface area contributed by atoms with Crippen molar-refractivity contribution in [2.24, 2.45) is 5.92 Å². The van der Waals surface area contributed by atoms with Crippen LogP contribution in [0, 0.1) is 5.92 Å². The molecule has 1 aliphatic carbocycles. The van der Waals surface area contributed by atoms with E-state index in [1.165, 1.54) is 16.7 Å². The molecule has 0 atom stereocenters. The number of carbonyl (C=O) groups excluding carboxylic acids is 1. The van der Waals surface area contributed by atoms with Crippen LogP contribution in [-0.4, -0.2) is 5.78 Å². The molecule has 2 aromatic rings. The molecule has 0 aromatic heterocycles. The van der Waals surface area contributed by atoms with Crippen molar-refractivity contribution in [3.8, 4) is 0 Å². The summed E-state index contributed by atoms with van der Waals surface area (Å²) in [6, 6.07) is 14.2. The van der Waals surface area contributed by atoms with Crippen LogP contribution < -0.4 is 0 Å². The van der Waals surface area contributed by atoms with Crippen LogP contribution in [0.1, 0.15) is 37.0 Å². The van der Waals surface area contributed by atoms with Gasteiger partial charge in [-0.15, -0.1) is 0 Å². The van der Waals surface area contributed by atoms with Gasteiger partial charge in [0, 0.05) is 21.0 Å². The number of rotatable bonds is 5. The van der Waals surface area contributed by atoms with Crippen molar-refractivity contribution < 1.29 is 4.79 Å². The summed E-state index contributed by atoms with van der Waals surface area (Å²) in [6.07, 6.45) is 2.70. The van der Waals surface area contributed by atoms with Gasteiger partial charge >= 0.3 is 0 Å². The molecule has 0 radical (unpaired) electrons. The second-order valence-corrected chi connectivity index (χ2v) is 7.95. The predicted molar refractivity (Wildman–Crippen MR) is 104 cm³/mol. The molecular weight excluding hydrogens is 384 g/mol. The van der Waals surface area contributed by atoms with Gasteiger partial charge in [0.25, 0.3) is 0 Å². The molecule has 0 bridgehead atoms. The van der Waals surface area contributed by atoms with Crippen molar-refractivity contribution in [1.82, 2.24) is 0 Å². The number of benzene rings is 2. The zero-order valence-corrected chi connectivity index (χ0v) is 16.2. The van der Waals surface area contributed by atoms with E-state index in [4.69, 9.17) is 11.6 Å². The highest BCUT2D eigenvalue weighted by molar-refractivity contribution is 9.10. The first-order chi connectivity index (χ1) is 11.5. The average molecular weight is 404 g/mol. The minimum absolute atomic E-state index is 0.0140. The summed E-state index contributed by atoms with van der Waals surface area (Å²) in [5.74, 6) is 0.266. The van der Waals surface area contributed by atoms with Crippen molar-refractivity contribution in [1.29, 1.82) is 0 Å². The first kappa shape index (κ1) is 17.4. The van der Waals surface area contributed by atoms with Gasteiger partial charge in [0.05, 0.1) is 0 Å². The van der Waals surface area contributed by atoms with E-state index < -0.39 is 0 Å². The lowest BCUT2D eigenvalue weighted by atomic mass is 9.92. The lowest BCUT2D eigenvalue weighted by molar-refractivity contribution is -0.116. The molecule has 24 heavy (non-hydrogen) atoms. The van der Waals surface area contributed by atoms with Crippen LogP contribution in [-0.2, 0) is 17.6 Å². The fourth-order valence-electron chi connectivity index (χ4n) is 3.22. The Kier molecular flexibility index (Phi) is 5.27. The number of aryl methyl sites for hydroxylation is 1. The number of allylic oxidation sites excluding steroid dienone is 2. The maximum absolute atomic E-state index is 12.8. The number of fused-ring (bicyclic) bond motifs is 1. The third-order valence-corrected chi connectivity index (χ3v) is 5.24. The number of halogens is 2. The van der Waals surface area contributed by atoms with Crippen LogP contribution in [0.2, 0.25) is 5.02 Å². The SMILES string of the molecule is CC(C)C(=O)C1=C(CCc2ccc(Cl)cc2)Cc2cc(Br)ccc21. The Balaban J connectivity index is 1.89. The standard InChI is InChI=1S/C21H20BrClO/c1-13(2)21(24)20-15(6-3-14-4-8-18(23)9-5-14)11-16-12-17(22)7-10-19(16)20/h4-5,7-10,12-13H,3,6,11H2,1-2H3. The summed E-state index contributed by atoms with van der Waals surface area (Å²) in [5, 5.41) is 0.756. The van der Waals surface area contributed by atoms with E-state index in [-0.39, 0.29) is 11.7 Å². The molecule has 0 N–H and O–H groups in total. The predicted octanol–water partition coefficient (Wildman–Crippen LogP) is 6.27. The van der Waals surface area contributed by atoms with Crippen LogP contribution in [0.4, 0.5) is 0 Å². The summed E-state index contributed by atoms with van der Waals surface area (Å²) < 4.78 is 1.07. The highest BCUT2D eigenvalue weighted by atomic mass is 79.9. The first-order valence-corrected chi connectivity index (χ1v) is 9.42. The van der Waals surface area contributed by atoms with Gasteiger partial charge in [-0.2, -0.15) is 0 Å². The van der Waals surface area contributed by atoms with E-state index in [1.807, 2.05) is 32.0 Å². The summed E-state index contributed by atoms with van der Waals surface area (Å²) in [5.41, 5.74) is 5.82. The molecule has 0 fully saturated rings. The molecule has 0 spiro atoms. The van der Waals surface area contributed by atoms with Gasteiger partial charge in [0.15, 0.2) is 5.78 Å². The van der Waals surface area contributed by atoms with Gasteiger partial charge in [0.1, 0.15) is 0 Å². The van der Waals surface area contributed by atoms with Gasteiger partial charge < -0.3 is 0 Å². The number of Topliss-reactive ketones (excluding diaryl/α,β-unsaturated/α-hetero) is 1. The number of ketones is 1. The van der Waals surface area contributed by atoms with Gasteiger partial charge in [-0.3, -0.25) is 4.79 Å². The molecule has 3 heteroatoms. The molecule has 124 valence electrons. The maximum atomic E-state index is 12.8. The molecule has 0 amide bonds. The van der Waals surface area contributed by atoms with Crippen molar-refractivity contribution >= 4 is 38.9 Å². The molecule has 0 aliphatic heterocycles. The van der Waals surface area contributed by atoms with E-state index in [9.17, 15) is 4.79 Å². The van der Waals surface area contributed by atoms with Gasteiger partial charge in [-0.1, -0.05) is 65.2 Å². The van der Waals surface area contributed by atoms with Crippen LogP contribution in [0.15, 0.2) is 52.5 Å². The van der Waals surface area contributed by atoms with Gasteiger partial charge in [-0.05, 0) is 60.2 Å². The highest BCUT2D eigenvalue weighted by Crippen LogP contribution is 2.38. The summed E-state index contributed by atoms with van der Waals surface area (Å²) in [6.45, 7) is 3.95. The van der Waals surface area contributed by atoms with E-state index in [2.05, 4.69) is 40.2 Å². The number of hydrogen-bond donors (Lipinski definition) is 0. The lowest BCUT2D eigenvalue weighted by Crippen LogP contribution is -2.10. The molecule has 0 heterocycles. The smallest absolute Gasteiger partial charge is 0.165 e. The van der Waals surface area contributed by atoms with E-state index in [0.717, 1.165) is 39.9 Å². The fraction of sp³-hybridized carbons (Fsp3) is 0.286. The molecule has 1 aliphatic rings. The molecule has 3 rings (SSSR count). The van der Waals surface area contributed by atoms with E-state index >= 15 is 0 Å². The van der Waals surface area contributed by atoms with Crippen LogP contribution in [0.3, 0.4) is 0 Å². The summed E-state index contributed by atoms with van der Waals surface area (Å²) in [7, 11) is 0. The summed E-state index contributed by atoms with van der Waals surface area (Å²) >= 11 is 9.49. The van der Waals surface area contributed by atoms with E-state index in [0.29, 0.717) is 0 Å². The van der Waals surface area contributed by atoms with E-state index in [1.54, 1.807) is 0 Å². The zero-order valence-electron chi connectivity index (χ0n) is 13.9. The Morgan fingerprint density at radius 2 is 1.83 bits per heavy atom. The third kappa shape index (κ3) is 3.65. The van der Waals surface area contributed by atoms with Crippen molar-refractivity contribution in [2.75, 3.05) is 0 Å². The Labute approximate surface area is 156 Å². The molecule has 0 saturated carbocycles. The summed E-state index contributed by atoms with van der Waals surface area (Å²) in [4.78, 5) is 12.8. The van der Waals surface area contributed by atoms with Crippen LogP contribution >= 0.6 is 27.5 Å². The number of carbonyl (C=O) groups is 1. The highest BCUT2D eigenvalue weighted by Gasteiger charge is 2.27. The first-order valence-electron chi connectivity index (χ1n) is 8.25. The van der Waals surface area contributed by atoms with Crippen LogP contribution in [0.25, 0.3) is 5.57 Å². The van der Waals surface area contributed by atoms with Gasteiger partial charge in [0.2, 0.25) is 0 Å². The monoisotopic (exact) mass is 402 g/mol. The average Bonchev–Trinajstić information content (AvgIpc) is 2.90. The lowest BCUT2D eigenvalue weighted by Gasteiger charge is -2.11. The fourth-order valence-corrected chi connectivity index (χ4v) is 3.75. The Bertz CT molecular complexity index is 803. The van der Waals surface area contributed by atoms with Crippen molar-refractivity contribution in [3.63, 3.8) is 0 Å². The molecule has 2 aromatic carbocycles. The zero-order chi connectivity index (χ0) is 17.3. The Morgan fingerprint density at radius 3 is 2.50 bits per heavy atom. The maximum Gasteiger partial charge on any atom is 0.165 e. The second-order valence-electron chi connectivity index (χ2n) is 6.60. The third-order valence-electron chi connectivity index (χ3n) is 4.49. The second kappa shape index (κ2) is 7.25. The molecule has 0 unspecified atom stereocenters. The largest absolute Gasteiger partial charge is 0.294 e. The molecular formula is C21H20BrClO. The van der Waals surface area contributed by atoms with Gasteiger partial charge in [-0.25, -0.2) is 0 Å². The van der Waals surface area contributed by atoms with Crippen molar-refractivity contribution in [3.05, 3.63) is 74.2 Å². The topological polar surface area (TPSA) is 17.1 Å². The normalized spacial score (nSPS) is 13.5. The molecule has 1 nitrogen and oxygen atoms in total.